The lowest BCUT2D eigenvalue weighted by Crippen LogP contribution is -2.47. The average Bonchev–Trinajstić information content (AvgIpc) is 1.99. The molecule has 0 saturated heterocycles. The minimum Gasteiger partial charge on any atom is -0.389 e. The number of nitrogens with zero attached hydrogens (tertiary/aromatic N) is 1. The van der Waals surface area contributed by atoms with Crippen LogP contribution < -0.4 is 0 Å². The van der Waals surface area contributed by atoms with Crippen molar-refractivity contribution in [3.05, 3.63) is 0 Å². The van der Waals surface area contributed by atoms with E-state index in [2.05, 4.69) is 0 Å². The van der Waals surface area contributed by atoms with Gasteiger partial charge in [0.15, 0.2) is 0 Å². The highest BCUT2D eigenvalue weighted by molar-refractivity contribution is 4.81. The van der Waals surface area contributed by atoms with Crippen molar-refractivity contribution in [3.8, 4) is 0 Å². The lowest BCUT2D eigenvalue weighted by molar-refractivity contribution is -0.153. The van der Waals surface area contributed by atoms with Gasteiger partial charge in [-0.1, -0.05) is 20.8 Å². The van der Waals surface area contributed by atoms with Crippen LogP contribution in [-0.2, 0) is 0 Å². The van der Waals surface area contributed by atoms with Crippen LogP contribution in [-0.4, -0.2) is 41.4 Å². The summed E-state index contributed by atoms with van der Waals surface area (Å²) in [5.74, 6) is -0.0696. The van der Waals surface area contributed by atoms with Gasteiger partial charge >= 0.3 is 6.18 Å². The first kappa shape index (κ1) is 14.7. The highest BCUT2D eigenvalue weighted by Crippen LogP contribution is 2.21. The third kappa shape index (κ3) is 5.99. The van der Waals surface area contributed by atoms with E-state index in [1.165, 1.54) is 4.90 Å². The first-order valence-electron chi connectivity index (χ1n) is 5.10. The van der Waals surface area contributed by atoms with Crippen LogP contribution >= 0.6 is 0 Å². The molecule has 1 atom stereocenters. The van der Waals surface area contributed by atoms with Gasteiger partial charge in [-0.3, -0.25) is 4.90 Å². The molecule has 0 heterocycles. The van der Waals surface area contributed by atoms with Crippen LogP contribution in [0.2, 0.25) is 0 Å². The van der Waals surface area contributed by atoms with Crippen molar-refractivity contribution >= 4 is 0 Å². The molecule has 0 radical (unpaired) electrons. The Balaban J connectivity index is 4.34. The standard InChI is InChI=1S/C10H20F3NO/c1-5-14(7-10(11,12)13)6-9(4,15)8(2)3/h8,15H,5-7H2,1-4H3. The fraction of sp³-hybridized carbons (Fsp3) is 1.00. The molecule has 0 spiro atoms. The van der Waals surface area contributed by atoms with Gasteiger partial charge in [0.1, 0.15) is 0 Å². The van der Waals surface area contributed by atoms with Gasteiger partial charge in [0.2, 0.25) is 0 Å². The lowest BCUT2D eigenvalue weighted by atomic mass is 9.92. The molecular weight excluding hydrogens is 207 g/mol. The molecule has 5 heteroatoms. The van der Waals surface area contributed by atoms with Crippen LogP contribution in [0.25, 0.3) is 0 Å². The number of hydrogen-bond donors (Lipinski definition) is 1. The molecule has 0 rings (SSSR count). The highest BCUT2D eigenvalue weighted by Gasteiger charge is 2.34. The van der Waals surface area contributed by atoms with Gasteiger partial charge in [0.25, 0.3) is 0 Å². The van der Waals surface area contributed by atoms with Crippen LogP contribution in [0.1, 0.15) is 27.7 Å². The van der Waals surface area contributed by atoms with Gasteiger partial charge in [0.05, 0.1) is 12.1 Å². The van der Waals surface area contributed by atoms with Crippen LogP contribution in [0.5, 0.6) is 0 Å². The third-order valence-electron chi connectivity index (χ3n) is 2.64. The van der Waals surface area contributed by atoms with E-state index in [1.54, 1.807) is 27.7 Å². The highest BCUT2D eigenvalue weighted by atomic mass is 19.4. The predicted octanol–water partition coefficient (Wildman–Crippen LogP) is 2.28. The fourth-order valence-corrected chi connectivity index (χ4v) is 1.17. The van der Waals surface area contributed by atoms with Crippen LogP contribution in [0, 0.1) is 5.92 Å². The molecule has 0 fully saturated rings. The van der Waals surface area contributed by atoms with Gasteiger partial charge in [-0.25, -0.2) is 0 Å². The maximum atomic E-state index is 12.1. The maximum absolute atomic E-state index is 12.1. The van der Waals surface area contributed by atoms with E-state index < -0.39 is 18.3 Å². The number of rotatable bonds is 5. The van der Waals surface area contributed by atoms with Crippen molar-refractivity contribution in [2.75, 3.05) is 19.6 Å². The molecule has 15 heavy (non-hydrogen) atoms. The zero-order valence-corrected chi connectivity index (χ0v) is 9.73. The largest absolute Gasteiger partial charge is 0.401 e. The Morgan fingerprint density at radius 3 is 1.93 bits per heavy atom. The summed E-state index contributed by atoms with van der Waals surface area (Å²) in [4.78, 5) is 1.21. The summed E-state index contributed by atoms with van der Waals surface area (Å²) < 4.78 is 36.4. The number of likely N-dealkylation sites (N-methyl/N-ethyl adjacent to an activating group) is 1. The Bertz CT molecular complexity index is 190. The lowest BCUT2D eigenvalue weighted by Gasteiger charge is -2.34. The minimum atomic E-state index is -4.21. The summed E-state index contributed by atoms with van der Waals surface area (Å²) in [7, 11) is 0. The minimum absolute atomic E-state index is 0.0423. The number of alkyl halides is 3. The topological polar surface area (TPSA) is 23.5 Å². The normalized spacial score (nSPS) is 17.2. The van der Waals surface area contributed by atoms with E-state index in [-0.39, 0.29) is 19.0 Å². The van der Waals surface area contributed by atoms with E-state index >= 15 is 0 Å². The van der Waals surface area contributed by atoms with Gasteiger partial charge in [-0.05, 0) is 19.4 Å². The van der Waals surface area contributed by atoms with Crippen LogP contribution in [0.15, 0.2) is 0 Å². The Morgan fingerprint density at radius 1 is 1.20 bits per heavy atom. The first-order chi connectivity index (χ1) is 6.58. The summed E-state index contributed by atoms with van der Waals surface area (Å²) >= 11 is 0. The van der Waals surface area contributed by atoms with Crippen LogP contribution in [0.3, 0.4) is 0 Å². The third-order valence-corrected chi connectivity index (χ3v) is 2.64. The second kappa shape index (κ2) is 5.16. The van der Waals surface area contributed by atoms with E-state index in [1.807, 2.05) is 0 Å². The molecule has 0 aliphatic heterocycles. The monoisotopic (exact) mass is 227 g/mol. The molecule has 0 amide bonds. The zero-order chi connectivity index (χ0) is 12.3. The molecule has 0 aromatic carbocycles. The molecule has 0 aromatic rings. The van der Waals surface area contributed by atoms with E-state index in [9.17, 15) is 18.3 Å². The number of hydrogen-bond acceptors (Lipinski definition) is 2. The summed E-state index contributed by atoms with van der Waals surface area (Å²) in [6.45, 7) is 6.16. The van der Waals surface area contributed by atoms with Crippen molar-refractivity contribution in [3.63, 3.8) is 0 Å². The van der Waals surface area contributed by atoms with Crippen molar-refractivity contribution in [2.45, 2.75) is 39.5 Å². The van der Waals surface area contributed by atoms with E-state index in [0.29, 0.717) is 0 Å². The molecule has 0 aliphatic carbocycles. The Hall–Kier alpha value is -0.290. The molecular formula is C10H20F3NO. The van der Waals surface area contributed by atoms with Gasteiger partial charge < -0.3 is 5.11 Å². The molecule has 1 unspecified atom stereocenters. The smallest absolute Gasteiger partial charge is 0.389 e. The van der Waals surface area contributed by atoms with Gasteiger partial charge in [-0.2, -0.15) is 13.2 Å². The SMILES string of the molecule is CCN(CC(F)(F)F)CC(C)(O)C(C)C. The molecule has 0 saturated carbocycles. The van der Waals surface area contributed by atoms with E-state index in [4.69, 9.17) is 0 Å². The zero-order valence-electron chi connectivity index (χ0n) is 9.73. The molecule has 92 valence electrons. The predicted molar refractivity (Wildman–Crippen MR) is 53.6 cm³/mol. The number of halogens is 3. The van der Waals surface area contributed by atoms with Crippen molar-refractivity contribution in [1.29, 1.82) is 0 Å². The quantitative estimate of drug-likeness (QED) is 0.779. The van der Waals surface area contributed by atoms with Crippen molar-refractivity contribution in [1.82, 2.24) is 4.90 Å². The fourth-order valence-electron chi connectivity index (χ4n) is 1.17. The summed E-state index contributed by atoms with van der Waals surface area (Å²) in [6, 6.07) is 0. The Kier molecular flexibility index (Phi) is 5.06. The molecule has 0 aromatic heterocycles. The maximum Gasteiger partial charge on any atom is 0.401 e. The van der Waals surface area contributed by atoms with Crippen LogP contribution in [0.4, 0.5) is 13.2 Å². The van der Waals surface area contributed by atoms with Crippen molar-refractivity contribution < 1.29 is 18.3 Å². The average molecular weight is 227 g/mol. The molecule has 1 N–H and O–H groups in total. The summed E-state index contributed by atoms with van der Waals surface area (Å²) in [6.07, 6.45) is -4.21. The molecule has 0 bridgehead atoms. The Labute approximate surface area is 89.1 Å². The first-order valence-corrected chi connectivity index (χ1v) is 5.10. The second-order valence-corrected chi connectivity index (χ2v) is 4.43. The summed E-state index contributed by atoms with van der Waals surface area (Å²) in [5, 5.41) is 9.88. The van der Waals surface area contributed by atoms with E-state index in [0.717, 1.165) is 0 Å². The Morgan fingerprint density at radius 2 is 1.67 bits per heavy atom. The molecule has 0 aliphatic rings. The van der Waals surface area contributed by atoms with Crippen molar-refractivity contribution in [2.24, 2.45) is 5.92 Å². The molecule has 2 nitrogen and oxygen atoms in total. The second-order valence-electron chi connectivity index (χ2n) is 4.43. The van der Waals surface area contributed by atoms with Gasteiger partial charge in [-0.15, -0.1) is 0 Å². The summed E-state index contributed by atoms with van der Waals surface area (Å²) in [5.41, 5.74) is -1.08. The number of aliphatic hydroxyl groups is 1. The van der Waals surface area contributed by atoms with Gasteiger partial charge in [0, 0.05) is 6.54 Å².